The number of methoxy groups -OCH3 is 1. The summed E-state index contributed by atoms with van der Waals surface area (Å²) in [5.41, 5.74) is 0.648. The highest BCUT2D eigenvalue weighted by molar-refractivity contribution is 5.89. The predicted molar refractivity (Wildman–Crippen MR) is 89.5 cm³/mol. The van der Waals surface area contributed by atoms with Crippen LogP contribution in [0.15, 0.2) is 24.3 Å². The number of alkyl halides is 1. The number of carbonyl (C=O) groups is 3. The Labute approximate surface area is 150 Å². The summed E-state index contributed by atoms with van der Waals surface area (Å²) < 4.78 is 18.4. The molecule has 140 valence electrons. The van der Waals surface area contributed by atoms with Crippen LogP contribution in [0.2, 0.25) is 0 Å². The van der Waals surface area contributed by atoms with Gasteiger partial charge in [0.2, 0.25) is 5.91 Å². The molecule has 1 aromatic carbocycles. The lowest BCUT2D eigenvalue weighted by Crippen LogP contribution is -2.55. The van der Waals surface area contributed by atoms with Crippen molar-refractivity contribution >= 4 is 18.0 Å². The summed E-state index contributed by atoms with van der Waals surface area (Å²) in [5, 5.41) is 12.2. The second kappa shape index (κ2) is 6.93. The largest absolute Gasteiger partial charge is 0.465 e. The third-order valence-electron chi connectivity index (χ3n) is 5.06. The predicted octanol–water partition coefficient (Wildman–Crippen LogP) is 2.06. The van der Waals surface area contributed by atoms with E-state index in [0.29, 0.717) is 18.4 Å². The molecule has 3 rings (SSSR count). The summed E-state index contributed by atoms with van der Waals surface area (Å²) in [6.07, 6.45) is -1.02. The highest BCUT2D eigenvalue weighted by Gasteiger charge is 2.48. The molecule has 2 unspecified atom stereocenters. The quantitative estimate of drug-likeness (QED) is 0.798. The molecule has 1 saturated carbocycles. The Balaban J connectivity index is 1.73. The fourth-order valence-corrected chi connectivity index (χ4v) is 3.37. The number of carbonyl (C=O) groups excluding carboxylic acids is 2. The molecule has 0 bridgehead atoms. The van der Waals surface area contributed by atoms with E-state index in [4.69, 9.17) is 0 Å². The van der Waals surface area contributed by atoms with Crippen LogP contribution >= 0.6 is 0 Å². The first kappa shape index (κ1) is 18.2. The van der Waals surface area contributed by atoms with Gasteiger partial charge >= 0.3 is 12.1 Å². The van der Waals surface area contributed by atoms with Gasteiger partial charge in [-0.1, -0.05) is 12.1 Å². The van der Waals surface area contributed by atoms with E-state index in [1.54, 1.807) is 24.3 Å². The Bertz CT molecular complexity index is 717. The Morgan fingerprint density at radius 2 is 1.92 bits per heavy atom. The van der Waals surface area contributed by atoms with Crippen molar-refractivity contribution in [3.8, 4) is 0 Å². The molecule has 8 heteroatoms. The van der Waals surface area contributed by atoms with Crippen LogP contribution < -0.4 is 5.32 Å². The van der Waals surface area contributed by atoms with Gasteiger partial charge in [-0.3, -0.25) is 9.69 Å². The molecular formula is C18H21FN2O5. The van der Waals surface area contributed by atoms with E-state index >= 15 is 0 Å². The van der Waals surface area contributed by atoms with E-state index in [0.717, 1.165) is 10.5 Å². The van der Waals surface area contributed by atoms with E-state index in [2.05, 4.69) is 10.1 Å². The SMILES string of the molecule is COC(=O)c1ccc(C2(NC(=O)C3CC(F)CCN3C(=O)O)CC2)cc1. The topological polar surface area (TPSA) is 95.9 Å². The fourth-order valence-electron chi connectivity index (χ4n) is 3.37. The van der Waals surface area contributed by atoms with Crippen molar-refractivity contribution in [1.82, 2.24) is 10.2 Å². The van der Waals surface area contributed by atoms with Gasteiger partial charge in [0.25, 0.3) is 0 Å². The van der Waals surface area contributed by atoms with Crippen LogP contribution in [0, 0.1) is 0 Å². The molecule has 2 aliphatic rings. The summed E-state index contributed by atoms with van der Waals surface area (Å²) in [5.74, 6) is -0.928. The third kappa shape index (κ3) is 3.49. The van der Waals surface area contributed by atoms with Crippen LogP contribution in [0.4, 0.5) is 9.18 Å². The maximum atomic E-state index is 13.7. The molecule has 0 aromatic heterocycles. The van der Waals surface area contributed by atoms with Crippen molar-refractivity contribution < 1.29 is 28.6 Å². The average Bonchev–Trinajstić information content (AvgIpc) is 3.41. The summed E-state index contributed by atoms with van der Waals surface area (Å²) in [6, 6.07) is 5.70. The molecule has 2 amide bonds. The van der Waals surface area contributed by atoms with E-state index in [-0.39, 0.29) is 19.4 Å². The number of amides is 2. The van der Waals surface area contributed by atoms with Crippen molar-refractivity contribution in [1.29, 1.82) is 0 Å². The lowest BCUT2D eigenvalue weighted by Gasteiger charge is -2.35. The molecule has 2 atom stereocenters. The smallest absolute Gasteiger partial charge is 0.407 e. The van der Waals surface area contributed by atoms with Crippen molar-refractivity contribution in [3.63, 3.8) is 0 Å². The molecule has 0 radical (unpaired) electrons. The van der Waals surface area contributed by atoms with Gasteiger partial charge in [-0.15, -0.1) is 0 Å². The number of carboxylic acid groups (broad SMARTS) is 1. The Hall–Kier alpha value is -2.64. The molecule has 1 aromatic rings. The first-order valence-electron chi connectivity index (χ1n) is 8.51. The van der Waals surface area contributed by atoms with Crippen molar-refractivity contribution in [2.24, 2.45) is 0 Å². The maximum Gasteiger partial charge on any atom is 0.407 e. The molecule has 2 N–H and O–H groups in total. The summed E-state index contributed by atoms with van der Waals surface area (Å²) in [7, 11) is 1.30. The van der Waals surface area contributed by atoms with Gasteiger partial charge < -0.3 is 15.2 Å². The van der Waals surface area contributed by atoms with Crippen LogP contribution in [0.5, 0.6) is 0 Å². The molecule has 1 heterocycles. The number of hydrogen-bond donors (Lipinski definition) is 2. The minimum Gasteiger partial charge on any atom is -0.465 e. The number of benzene rings is 1. The van der Waals surface area contributed by atoms with E-state index in [1.807, 2.05) is 0 Å². The molecule has 0 spiro atoms. The van der Waals surface area contributed by atoms with Gasteiger partial charge in [0, 0.05) is 13.0 Å². The minimum absolute atomic E-state index is 0.00934. The van der Waals surface area contributed by atoms with Gasteiger partial charge in [-0.2, -0.15) is 0 Å². The standard InChI is InChI=1S/C18H21FN2O5/c1-26-16(23)11-2-4-12(5-3-11)18(7-8-18)20-15(22)14-10-13(19)6-9-21(14)17(24)25/h2-5,13-14H,6-10H2,1H3,(H,20,22)(H,24,25). The van der Waals surface area contributed by atoms with Crippen molar-refractivity contribution in [2.75, 3.05) is 13.7 Å². The third-order valence-corrected chi connectivity index (χ3v) is 5.06. The van der Waals surface area contributed by atoms with Crippen molar-refractivity contribution in [3.05, 3.63) is 35.4 Å². The lowest BCUT2D eigenvalue weighted by atomic mass is 9.98. The highest BCUT2D eigenvalue weighted by atomic mass is 19.1. The zero-order valence-corrected chi connectivity index (χ0v) is 14.4. The van der Waals surface area contributed by atoms with Crippen LogP contribution in [0.1, 0.15) is 41.6 Å². The second-order valence-electron chi connectivity index (χ2n) is 6.75. The Morgan fingerprint density at radius 1 is 1.27 bits per heavy atom. The molecule has 2 fully saturated rings. The summed E-state index contributed by atoms with van der Waals surface area (Å²) in [4.78, 5) is 36.5. The zero-order chi connectivity index (χ0) is 18.9. The molecular weight excluding hydrogens is 343 g/mol. The van der Waals surface area contributed by atoms with Gasteiger partial charge in [-0.05, 0) is 37.0 Å². The summed E-state index contributed by atoms with van der Waals surface area (Å²) in [6.45, 7) is 0.00934. The molecule has 1 saturated heterocycles. The van der Waals surface area contributed by atoms with E-state index < -0.39 is 35.7 Å². The average molecular weight is 364 g/mol. The van der Waals surface area contributed by atoms with Crippen LogP contribution in [-0.4, -0.2) is 53.8 Å². The monoisotopic (exact) mass is 364 g/mol. The Morgan fingerprint density at radius 3 is 2.46 bits per heavy atom. The van der Waals surface area contributed by atoms with Gasteiger partial charge in [-0.25, -0.2) is 14.0 Å². The first-order chi connectivity index (χ1) is 12.4. The van der Waals surface area contributed by atoms with E-state index in [9.17, 15) is 23.9 Å². The number of rotatable bonds is 4. The number of ether oxygens (including phenoxy) is 1. The van der Waals surface area contributed by atoms with Crippen LogP contribution in [0.3, 0.4) is 0 Å². The zero-order valence-electron chi connectivity index (χ0n) is 14.4. The van der Waals surface area contributed by atoms with E-state index in [1.165, 1.54) is 7.11 Å². The number of hydrogen-bond acceptors (Lipinski definition) is 4. The summed E-state index contributed by atoms with van der Waals surface area (Å²) >= 11 is 0. The number of nitrogens with zero attached hydrogens (tertiary/aromatic N) is 1. The first-order valence-corrected chi connectivity index (χ1v) is 8.51. The number of likely N-dealkylation sites (tertiary alicyclic amines) is 1. The molecule has 26 heavy (non-hydrogen) atoms. The Kier molecular flexibility index (Phi) is 4.84. The fraction of sp³-hybridized carbons (Fsp3) is 0.500. The number of esters is 1. The molecule has 1 aliphatic heterocycles. The van der Waals surface area contributed by atoms with Crippen LogP contribution in [-0.2, 0) is 15.1 Å². The number of nitrogens with one attached hydrogen (secondary N) is 1. The van der Waals surface area contributed by atoms with Crippen molar-refractivity contribution in [2.45, 2.75) is 43.4 Å². The van der Waals surface area contributed by atoms with Gasteiger partial charge in [0.1, 0.15) is 12.2 Å². The second-order valence-corrected chi connectivity index (χ2v) is 6.75. The van der Waals surface area contributed by atoms with Crippen LogP contribution in [0.25, 0.3) is 0 Å². The highest BCUT2D eigenvalue weighted by Crippen LogP contribution is 2.45. The minimum atomic E-state index is -1.22. The number of halogens is 1. The maximum absolute atomic E-state index is 13.7. The molecule has 1 aliphatic carbocycles. The van der Waals surface area contributed by atoms with Gasteiger partial charge in [0.05, 0.1) is 18.2 Å². The normalized spacial score (nSPS) is 23.8. The molecule has 7 nitrogen and oxygen atoms in total. The lowest BCUT2D eigenvalue weighted by molar-refractivity contribution is -0.128. The van der Waals surface area contributed by atoms with Gasteiger partial charge in [0.15, 0.2) is 0 Å². The number of piperidine rings is 1.